The van der Waals surface area contributed by atoms with Gasteiger partial charge in [0, 0.05) is 11.8 Å². The second kappa shape index (κ2) is 4.33. The lowest BCUT2D eigenvalue weighted by molar-refractivity contribution is -0.134. The minimum atomic E-state index is -0.428. The molecule has 0 saturated carbocycles. The normalized spacial score (nSPS) is 10.4. The van der Waals surface area contributed by atoms with Crippen molar-refractivity contribution in [1.29, 1.82) is 0 Å². The first-order valence-corrected chi connectivity index (χ1v) is 5.34. The van der Waals surface area contributed by atoms with E-state index in [0.29, 0.717) is 5.39 Å². The maximum absolute atomic E-state index is 11.2. The average molecular weight is 231 g/mol. The number of nitrogen functional groups attached to an aromatic ring is 1. The number of nitrogens with two attached hydrogens (primary N) is 1. The second-order valence-corrected chi connectivity index (χ2v) is 3.69. The van der Waals surface area contributed by atoms with Gasteiger partial charge in [0.15, 0.2) is 11.5 Å². The van der Waals surface area contributed by atoms with E-state index in [9.17, 15) is 9.90 Å². The quantitative estimate of drug-likeness (QED) is 0.473. The van der Waals surface area contributed by atoms with Gasteiger partial charge in [-0.1, -0.05) is 31.2 Å². The van der Waals surface area contributed by atoms with Gasteiger partial charge in [-0.05, 0) is 11.5 Å². The van der Waals surface area contributed by atoms with Crippen LogP contribution in [0.25, 0.3) is 10.8 Å². The van der Waals surface area contributed by atoms with Crippen molar-refractivity contribution in [1.82, 2.24) is 0 Å². The van der Waals surface area contributed by atoms with Gasteiger partial charge in [0.25, 0.3) is 0 Å². The van der Waals surface area contributed by atoms with E-state index in [2.05, 4.69) is 0 Å². The Morgan fingerprint density at radius 3 is 2.82 bits per heavy atom. The van der Waals surface area contributed by atoms with Gasteiger partial charge >= 0.3 is 5.97 Å². The Kier molecular flexibility index (Phi) is 2.87. The van der Waals surface area contributed by atoms with Crippen molar-refractivity contribution >= 4 is 22.4 Å². The van der Waals surface area contributed by atoms with Crippen molar-refractivity contribution in [3.63, 3.8) is 0 Å². The van der Waals surface area contributed by atoms with Gasteiger partial charge in [0.2, 0.25) is 0 Å². The van der Waals surface area contributed by atoms with Gasteiger partial charge in [-0.3, -0.25) is 4.79 Å². The number of carbonyl (C=O) groups excluding carboxylic acids is 1. The summed E-state index contributed by atoms with van der Waals surface area (Å²) in [5, 5.41) is 11.4. The smallest absolute Gasteiger partial charge is 0.311 e. The molecule has 0 bridgehead atoms. The molecule has 0 atom stereocenters. The predicted molar refractivity (Wildman–Crippen MR) is 66.0 cm³/mol. The molecule has 4 heteroatoms. The number of carbonyl (C=O) groups is 1. The van der Waals surface area contributed by atoms with Crippen LogP contribution in [0.5, 0.6) is 11.5 Å². The maximum atomic E-state index is 11.2. The van der Waals surface area contributed by atoms with Crippen LogP contribution in [0.15, 0.2) is 30.3 Å². The SMILES string of the molecule is CCC(=O)Oc1c(N)cc2ccccc2c1O. The highest BCUT2D eigenvalue weighted by Gasteiger charge is 2.14. The lowest BCUT2D eigenvalue weighted by Crippen LogP contribution is -2.07. The number of phenols is 1. The van der Waals surface area contributed by atoms with Gasteiger partial charge in [0.05, 0.1) is 5.69 Å². The number of hydrogen-bond donors (Lipinski definition) is 2. The molecule has 0 heterocycles. The fraction of sp³-hybridized carbons (Fsp3) is 0.154. The summed E-state index contributed by atoms with van der Waals surface area (Å²) in [6, 6.07) is 8.89. The fourth-order valence-electron chi connectivity index (χ4n) is 1.62. The second-order valence-electron chi connectivity index (χ2n) is 3.69. The Hall–Kier alpha value is -2.23. The van der Waals surface area contributed by atoms with Crippen molar-refractivity contribution < 1.29 is 14.6 Å². The summed E-state index contributed by atoms with van der Waals surface area (Å²) in [6.07, 6.45) is 0.228. The van der Waals surface area contributed by atoms with Crippen LogP contribution in [0.3, 0.4) is 0 Å². The standard InChI is InChI=1S/C13H13NO3/c1-2-11(15)17-13-10(14)7-8-5-3-4-6-9(8)12(13)16/h3-7,16H,2,14H2,1H3. The third-order valence-corrected chi connectivity index (χ3v) is 2.51. The molecule has 2 aromatic rings. The number of esters is 1. The molecule has 4 nitrogen and oxygen atoms in total. The van der Waals surface area contributed by atoms with Gasteiger partial charge in [0.1, 0.15) is 0 Å². The average Bonchev–Trinajstić information content (AvgIpc) is 2.34. The van der Waals surface area contributed by atoms with E-state index in [0.717, 1.165) is 5.39 Å². The van der Waals surface area contributed by atoms with Crippen molar-refractivity contribution in [3.05, 3.63) is 30.3 Å². The monoisotopic (exact) mass is 231 g/mol. The van der Waals surface area contributed by atoms with Crippen LogP contribution >= 0.6 is 0 Å². The van der Waals surface area contributed by atoms with Gasteiger partial charge in [-0.2, -0.15) is 0 Å². The number of anilines is 1. The minimum absolute atomic E-state index is 0.0375. The molecule has 0 aromatic heterocycles. The van der Waals surface area contributed by atoms with Crippen LogP contribution in [0, 0.1) is 0 Å². The first-order valence-electron chi connectivity index (χ1n) is 5.34. The summed E-state index contributed by atoms with van der Waals surface area (Å²) in [5.74, 6) is -0.486. The Bertz CT molecular complexity index is 578. The zero-order valence-corrected chi connectivity index (χ0v) is 9.43. The Morgan fingerprint density at radius 1 is 1.41 bits per heavy atom. The van der Waals surface area contributed by atoms with Crippen LogP contribution in [-0.4, -0.2) is 11.1 Å². The van der Waals surface area contributed by atoms with E-state index < -0.39 is 5.97 Å². The molecular weight excluding hydrogens is 218 g/mol. The summed E-state index contributed by atoms with van der Waals surface area (Å²) in [5.41, 5.74) is 6.01. The first-order chi connectivity index (χ1) is 8.13. The molecule has 0 amide bonds. The van der Waals surface area contributed by atoms with E-state index in [-0.39, 0.29) is 23.6 Å². The number of rotatable bonds is 2. The van der Waals surface area contributed by atoms with Crippen molar-refractivity contribution in [2.45, 2.75) is 13.3 Å². The molecule has 17 heavy (non-hydrogen) atoms. The molecule has 0 spiro atoms. The highest BCUT2D eigenvalue weighted by Crippen LogP contribution is 2.39. The molecule has 88 valence electrons. The number of phenolic OH excluding ortho intramolecular Hbond substituents is 1. The first kappa shape index (κ1) is 11.3. The topological polar surface area (TPSA) is 72.5 Å². The summed E-state index contributed by atoms with van der Waals surface area (Å²) >= 11 is 0. The van der Waals surface area contributed by atoms with Crippen molar-refractivity contribution in [2.24, 2.45) is 0 Å². The van der Waals surface area contributed by atoms with E-state index in [4.69, 9.17) is 10.5 Å². The van der Waals surface area contributed by atoms with E-state index in [1.807, 2.05) is 12.1 Å². The van der Waals surface area contributed by atoms with Gasteiger partial charge in [-0.25, -0.2) is 0 Å². The number of benzene rings is 2. The van der Waals surface area contributed by atoms with Crippen LogP contribution in [0.1, 0.15) is 13.3 Å². The maximum Gasteiger partial charge on any atom is 0.311 e. The molecule has 0 radical (unpaired) electrons. The number of fused-ring (bicyclic) bond motifs is 1. The molecule has 0 aliphatic heterocycles. The van der Waals surface area contributed by atoms with Crippen LogP contribution < -0.4 is 10.5 Å². The number of hydrogen-bond acceptors (Lipinski definition) is 4. The van der Waals surface area contributed by atoms with Crippen LogP contribution in [0.4, 0.5) is 5.69 Å². The van der Waals surface area contributed by atoms with Gasteiger partial charge in [-0.15, -0.1) is 0 Å². The molecule has 0 saturated heterocycles. The minimum Gasteiger partial charge on any atom is -0.504 e. The summed E-state index contributed by atoms with van der Waals surface area (Å²) in [7, 11) is 0. The lowest BCUT2D eigenvalue weighted by Gasteiger charge is -2.10. The summed E-state index contributed by atoms with van der Waals surface area (Å²) < 4.78 is 5.02. The highest BCUT2D eigenvalue weighted by atomic mass is 16.5. The Morgan fingerprint density at radius 2 is 2.12 bits per heavy atom. The van der Waals surface area contributed by atoms with Gasteiger partial charge < -0.3 is 15.6 Å². The number of ether oxygens (including phenoxy) is 1. The van der Waals surface area contributed by atoms with E-state index in [1.54, 1.807) is 25.1 Å². The Balaban J connectivity index is 2.59. The predicted octanol–water partition coefficient (Wildman–Crippen LogP) is 2.44. The third kappa shape index (κ3) is 2.01. The molecule has 2 aromatic carbocycles. The molecule has 3 N–H and O–H groups in total. The summed E-state index contributed by atoms with van der Waals surface area (Å²) in [4.78, 5) is 11.2. The van der Waals surface area contributed by atoms with Crippen LogP contribution in [-0.2, 0) is 4.79 Å². The molecule has 0 aliphatic carbocycles. The fourth-order valence-corrected chi connectivity index (χ4v) is 1.62. The van der Waals surface area contributed by atoms with Crippen molar-refractivity contribution in [3.8, 4) is 11.5 Å². The molecule has 0 fully saturated rings. The molecule has 0 aliphatic rings. The molecule has 2 rings (SSSR count). The van der Waals surface area contributed by atoms with E-state index in [1.165, 1.54) is 0 Å². The third-order valence-electron chi connectivity index (χ3n) is 2.51. The highest BCUT2D eigenvalue weighted by molar-refractivity contribution is 5.95. The van der Waals surface area contributed by atoms with Crippen LogP contribution in [0.2, 0.25) is 0 Å². The Labute approximate surface area is 98.6 Å². The zero-order valence-electron chi connectivity index (χ0n) is 9.43. The van der Waals surface area contributed by atoms with Crippen molar-refractivity contribution in [2.75, 3.05) is 5.73 Å². The number of aromatic hydroxyl groups is 1. The summed E-state index contributed by atoms with van der Waals surface area (Å²) in [6.45, 7) is 1.68. The van der Waals surface area contributed by atoms with E-state index >= 15 is 0 Å². The molecule has 0 unspecified atom stereocenters. The lowest BCUT2D eigenvalue weighted by atomic mass is 10.1. The molecular formula is C13H13NO3. The largest absolute Gasteiger partial charge is 0.504 e. The zero-order chi connectivity index (χ0) is 12.4.